The van der Waals surface area contributed by atoms with Crippen LogP contribution < -0.4 is 0 Å². The van der Waals surface area contributed by atoms with Crippen LogP contribution in [0.4, 0.5) is 0 Å². The zero-order chi connectivity index (χ0) is 17.9. The van der Waals surface area contributed by atoms with E-state index in [1.165, 1.54) is 5.56 Å². The molecule has 132 valence electrons. The third-order valence-corrected chi connectivity index (χ3v) is 4.94. The van der Waals surface area contributed by atoms with Gasteiger partial charge in [-0.1, -0.05) is 31.0 Å². The first-order chi connectivity index (χ1) is 11.3. The number of carbonyl (C=O) groups is 1. The number of hydrogen-bond donors (Lipinski definition) is 1. The summed E-state index contributed by atoms with van der Waals surface area (Å²) in [5, 5.41) is 10.6. The first-order valence-corrected chi connectivity index (χ1v) is 9.00. The Bertz CT molecular complexity index is 619. The van der Waals surface area contributed by atoms with Crippen molar-refractivity contribution in [3.8, 4) is 0 Å². The van der Waals surface area contributed by atoms with E-state index in [1.54, 1.807) is 0 Å². The highest BCUT2D eigenvalue weighted by atomic mass is 16.5. The van der Waals surface area contributed by atoms with Crippen molar-refractivity contribution in [3.63, 3.8) is 0 Å². The minimum atomic E-state index is -0.00980. The number of ether oxygens (including phenoxy) is 1. The number of rotatable bonds is 6. The molecule has 3 heteroatoms. The second-order valence-corrected chi connectivity index (χ2v) is 7.12. The Hall–Kier alpha value is -1.61. The maximum absolute atomic E-state index is 12.8. The minimum absolute atomic E-state index is 0.00980. The topological polar surface area (TPSA) is 46.5 Å². The summed E-state index contributed by atoms with van der Waals surface area (Å²) in [6.45, 7) is 10.9. The summed E-state index contributed by atoms with van der Waals surface area (Å²) < 4.78 is 5.84. The number of aliphatic hydroxyl groups is 1. The van der Waals surface area contributed by atoms with Crippen LogP contribution in [0.25, 0.3) is 5.57 Å². The number of hydrogen-bond acceptors (Lipinski definition) is 3. The number of allylic oxidation sites excluding steroid dienone is 2. The average molecular weight is 330 g/mol. The Morgan fingerprint density at radius 1 is 1.21 bits per heavy atom. The van der Waals surface area contributed by atoms with Crippen LogP contribution in [0.2, 0.25) is 0 Å². The van der Waals surface area contributed by atoms with Gasteiger partial charge in [-0.15, -0.1) is 0 Å². The molecule has 2 unspecified atom stereocenters. The van der Waals surface area contributed by atoms with E-state index in [9.17, 15) is 9.90 Å². The number of unbranched alkanes of at least 4 members (excludes halogenated alkanes) is 1. The SMILES string of the molecule is CCCCOC(C)C1CC(=O)C(c2c(C)cc(C)cc2C)=C(O)C1. The maximum Gasteiger partial charge on any atom is 0.167 e. The molecule has 1 aromatic carbocycles. The van der Waals surface area contributed by atoms with E-state index in [0.717, 1.165) is 36.1 Å². The highest BCUT2D eigenvalue weighted by molar-refractivity contribution is 6.22. The van der Waals surface area contributed by atoms with E-state index in [1.807, 2.05) is 27.7 Å². The lowest BCUT2D eigenvalue weighted by Crippen LogP contribution is -2.29. The van der Waals surface area contributed by atoms with Crippen LogP contribution in [0.5, 0.6) is 0 Å². The smallest absolute Gasteiger partial charge is 0.167 e. The van der Waals surface area contributed by atoms with E-state index in [-0.39, 0.29) is 23.6 Å². The molecule has 0 heterocycles. The Morgan fingerprint density at radius 2 is 1.83 bits per heavy atom. The fraction of sp³-hybridized carbons (Fsp3) is 0.571. The second kappa shape index (κ2) is 7.98. The van der Waals surface area contributed by atoms with Gasteiger partial charge in [-0.25, -0.2) is 0 Å². The Kier molecular flexibility index (Phi) is 6.22. The minimum Gasteiger partial charge on any atom is -0.512 e. The van der Waals surface area contributed by atoms with Crippen molar-refractivity contribution in [1.82, 2.24) is 0 Å². The van der Waals surface area contributed by atoms with E-state index < -0.39 is 0 Å². The maximum atomic E-state index is 12.8. The van der Waals surface area contributed by atoms with Gasteiger partial charge in [0.05, 0.1) is 11.7 Å². The summed E-state index contributed by atoms with van der Waals surface area (Å²) in [6.07, 6.45) is 3.07. The molecular weight excluding hydrogens is 300 g/mol. The molecular formula is C21H30O3. The van der Waals surface area contributed by atoms with Gasteiger partial charge in [0.1, 0.15) is 5.76 Å². The number of aryl methyl sites for hydroxylation is 3. The van der Waals surface area contributed by atoms with Crippen LogP contribution in [-0.4, -0.2) is 23.6 Å². The van der Waals surface area contributed by atoms with Gasteiger partial charge in [0.15, 0.2) is 5.78 Å². The van der Waals surface area contributed by atoms with Gasteiger partial charge < -0.3 is 9.84 Å². The van der Waals surface area contributed by atoms with Crippen LogP contribution >= 0.6 is 0 Å². The highest BCUT2D eigenvalue weighted by Gasteiger charge is 2.33. The molecule has 0 amide bonds. The van der Waals surface area contributed by atoms with Crippen LogP contribution in [0, 0.1) is 26.7 Å². The van der Waals surface area contributed by atoms with E-state index in [0.29, 0.717) is 18.4 Å². The summed E-state index contributed by atoms with van der Waals surface area (Å²) in [4.78, 5) is 12.8. The molecule has 2 atom stereocenters. The highest BCUT2D eigenvalue weighted by Crippen LogP contribution is 2.37. The van der Waals surface area contributed by atoms with Crippen molar-refractivity contribution in [2.45, 2.75) is 66.4 Å². The third-order valence-electron chi connectivity index (χ3n) is 4.94. The summed E-state index contributed by atoms with van der Waals surface area (Å²) >= 11 is 0. The third kappa shape index (κ3) is 4.07. The van der Waals surface area contributed by atoms with E-state index in [2.05, 4.69) is 19.1 Å². The standard InChI is InChI=1S/C21H30O3/c1-6-7-8-24-16(5)17-11-18(22)21(19(23)12-17)20-14(3)9-13(2)10-15(20)4/h9-10,16-17,22H,6-8,11-12H2,1-5H3. The molecule has 1 N–H and O–H groups in total. The lowest BCUT2D eigenvalue weighted by atomic mass is 9.79. The summed E-state index contributed by atoms with van der Waals surface area (Å²) in [5.74, 6) is 0.311. The van der Waals surface area contributed by atoms with Crippen molar-refractivity contribution in [3.05, 3.63) is 40.1 Å². The van der Waals surface area contributed by atoms with Crippen molar-refractivity contribution in [2.75, 3.05) is 6.61 Å². The summed E-state index contributed by atoms with van der Waals surface area (Å²) in [5.41, 5.74) is 4.69. The molecule has 24 heavy (non-hydrogen) atoms. The van der Waals surface area contributed by atoms with Gasteiger partial charge in [-0.2, -0.15) is 0 Å². The molecule has 1 aliphatic rings. The van der Waals surface area contributed by atoms with Crippen molar-refractivity contribution in [1.29, 1.82) is 0 Å². The Labute approximate surface area is 145 Å². The lowest BCUT2D eigenvalue weighted by Gasteiger charge is -2.29. The zero-order valence-electron chi connectivity index (χ0n) is 15.6. The summed E-state index contributed by atoms with van der Waals surface area (Å²) in [7, 11) is 0. The molecule has 0 aromatic heterocycles. The van der Waals surface area contributed by atoms with Crippen molar-refractivity contribution in [2.24, 2.45) is 5.92 Å². The zero-order valence-corrected chi connectivity index (χ0v) is 15.6. The predicted molar refractivity (Wildman–Crippen MR) is 98.3 cm³/mol. The molecule has 0 saturated carbocycles. The molecule has 2 rings (SSSR count). The number of aliphatic hydroxyl groups excluding tert-OH is 1. The first-order valence-electron chi connectivity index (χ1n) is 9.00. The van der Waals surface area contributed by atoms with Gasteiger partial charge in [-0.05, 0) is 56.7 Å². The van der Waals surface area contributed by atoms with Gasteiger partial charge in [0.25, 0.3) is 0 Å². The molecule has 0 fully saturated rings. The molecule has 1 aromatic rings. The monoisotopic (exact) mass is 330 g/mol. The second-order valence-electron chi connectivity index (χ2n) is 7.12. The molecule has 1 aliphatic carbocycles. The fourth-order valence-electron chi connectivity index (χ4n) is 3.66. The van der Waals surface area contributed by atoms with Gasteiger partial charge in [-0.3, -0.25) is 4.79 Å². The van der Waals surface area contributed by atoms with E-state index in [4.69, 9.17) is 4.74 Å². The fourth-order valence-corrected chi connectivity index (χ4v) is 3.66. The number of benzene rings is 1. The molecule has 0 bridgehead atoms. The number of Topliss-reactive ketones (excluding diaryl/α,β-unsaturated/α-hetero) is 1. The molecule has 0 spiro atoms. The van der Waals surface area contributed by atoms with Crippen molar-refractivity contribution >= 4 is 11.4 Å². The summed E-state index contributed by atoms with van der Waals surface area (Å²) in [6, 6.07) is 4.14. The lowest BCUT2D eigenvalue weighted by molar-refractivity contribution is -0.116. The van der Waals surface area contributed by atoms with Gasteiger partial charge in [0.2, 0.25) is 0 Å². The number of ketones is 1. The van der Waals surface area contributed by atoms with Crippen LogP contribution in [-0.2, 0) is 9.53 Å². The molecule has 3 nitrogen and oxygen atoms in total. The van der Waals surface area contributed by atoms with Crippen LogP contribution in [0.3, 0.4) is 0 Å². The van der Waals surface area contributed by atoms with Gasteiger partial charge in [0, 0.05) is 19.4 Å². The first kappa shape index (κ1) is 18.7. The van der Waals surface area contributed by atoms with Crippen LogP contribution in [0.1, 0.15) is 61.8 Å². The molecule has 0 radical (unpaired) electrons. The molecule has 0 aliphatic heterocycles. The number of carbonyl (C=O) groups excluding carboxylic acids is 1. The Balaban J connectivity index is 2.25. The van der Waals surface area contributed by atoms with Crippen molar-refractivity contribution < 1.29 is 14.6 Å². The predicted octanol–water partition coefficient (Wildman–Crippen LogP) is 5.07. The Morgan fingerprint density at radius 3 is 2.38 bits per heavy atom. The average Bonchev–Trinajstić information content (AvgIpc) is 2.48. The quantitative estimate of drug-likeness (QED) is 0.741. The molecule has 0 saturated heterocycles. The van der Waals surface area contributed by atoms with Gasteiger partial charge >= 0.3 is 0 Å². The largest absolute Gasteiger partial charge is 0.512 e. The normalized spacial score (nSPS) is 19.7. The van der Waals surface area contributed by atoms with Crippen LogP contribution in [0.15, 0.2) is 17.9 Å². The van der Waals surface area contributed by atoms with E-state index >= 15 is 0 Å².